The summed E-state index contributed by atoms with van der Waals surface area (Å²) in [5.74, 6) is 0.489. The van der Waals surface area contributed by atoms with Crippen molar-refractivity contribution in [2.45, 2.75) is 33.7 Å². The lowest BCUT2D eigenvalue weighted by Crippen LogP contribution is -2.33. The molecule has 0 unspecified atom stereocenters. The topological polar surface area (TPSA) is 81.8 Å². The standard InChI is InChI=1S/C16H23N5O2/c1-16(2,3)11-13(22)18-9-10-21-15(23)20(4)14(19-21)12-7-5-6-8-17-12/h5-8H,9-11H2,1-4H3,(H,18,22). The van der Waals surface area contributed by atoms with Gasteiger partial charge in [-0.15, -0.1) is 5.10 Å². The van der Waals surface area contributed by atoms with Crippen LogP contribution in [0.2, 0.25) is 0 Å². The highest BCUT2D eigenvalue weighted by Gasteiger charge is 2.16. The molecule has 7 heteroatoms. The van der Waals surface area contributed by atoms with Crippen LogP contribution in [0.25, 0.3) is 11.5 Å². The molecule has 0 saturated carbocycles. The zero-order chi connectivity index (χ0) is 17.0. The molecule has 124 valence electrons. The minimum absolute atomic E-state index is 0.0218. The van der Waals surface area contributed by atoms with E-state index in [2.05, 4.69) is 15.4 Å². The molecular weight excluding hydrogens is 294 g/mol. The number of carbonyl (C=O) groups is 1. The van der Waals surface area contributed by atoms with Crippen molar-refractivity contribution in [3.63, 3.8) is 0 Å². The van der Waals surface area contributed by atoms with Crippen molar-refractivity contribution in [1.29, 1.82) is 0 Å². The Morgan fingerprint density at radius 2 is 2.04 bits per heavy atom. The number of carbonyl (C=O) groups excluding carboxylic acids is 1. The van der Waals surface area contributed by atoms with Crippen molar-refractivity contribution >= 4 is 5.91 Å². The summed E-state index contributed by atoms with van der Waals surface area (Å²) in [6.07, 6.45) is 2.11. The first kappa shape index (κ1) is 16.9. The van der Waals surface area contributed by atoms with E-state index in [9.17, 15) is 9.59 Å². The Labute approximate surface area is 135 Å². The van der Waals surface area contributed by atoms with Gasteiger partial charge < -0.3 is 5.32 Å². The van der Waals surface area contributed by atoms with E-state index in [-0.39, 0.29) is 17.0 Å². The van der Waals surface area contributed by atoms with E-state index in [1.54, 1.807) is 19.3 Å². The van der Waals surface area contributed by atoms with Crippen LogP contribution >= 0.6 is 0 Å². The Morgan fingerprint density at radius 3 is 2.65 bits per heavy atom. The third-order valence-corrected chi connectivity index (χ3v) is 3.27. The summed E-state index contributed by atoms with van der Waals surface area (Å²) < 4.78 is 2.81. The van der Waals surface area contributed by atoms with E-state index in [4.69, 9.17) is 0 Å². The van der Waals surface area contributed by atoms with Crippen molar-refractivity contribution in [2.24, 2.45) is 12.5 Å². The van der Waals surface area contributed by atoms with Gasteiger partial charge in [0, 0.05) is 26.2 Å². The summed E-state index contributed by atoms with van der Waals surface area (Å²) in [6, 6.07) is 5.46. The highest BCUT2D eigenvalue weighted by atomic mass is 16.2. The summed E-state index contributed by atoms with van der Waals surface area (Å²) in [5, 5.41) is 7.12. The predicted molar refractivity (Wildman–Crippen MR) is 87.8 cm³/mol. The molecule has 0 atom stereocenters. The number of pyridine rings is 1. The van der Waals surface area contributed by atoms with Crippen molar-refractivity contribution in [3.05, 3.63) is 34.9 Å². The largest absolute Gasteiger partial charge is 0.354 e. The van der Waals surface area contributed by atoms with Crippen molar-refractivity contribution in [2.75, 3.05) is 6.54 Å². The summed E-state index contributed by atoms with van der Waals surface area (Å²) in [5.41, 5.74) is 0.358. The maximum absolute atomic E-state index is 12.2. The SMILES string of the molecule is Cn1c(-c2ccccn2)nn(CCNC(=O)CC(C)(C)C)c1=O. The van der Waals surface area contributed by atoms with E-state index >= 15 is 0 Å². The van der Waals surface area contributed by atoms with Crippen LogP contribution in [0.4, 0.5) is 0 Å². The molecule has 1 N–H and O–H groups in total. The molecule has 0 aliphatic rings. The third kappa shape index (κ3) is 4.51. The maximum atomic E-state index is 12.2. The molecule has 7 nitrogen and oxygen atoms in total. The second-order valence-electron chi connectivity index (χ2n) is 6.69. The predicted octanol–water partition coefficient (Wildman–Crippen LogP) is 1.20. The Bertz CT molecular complexity index is 725. The van der Waals surface area contributed by atoms with Crippen LogP contribution in [0, 0.1) is 5.41 Å². The second kappa shape index (κ2) is 6.76. The average Bonchev–Trinajstić information content (AvgIpc) is 2.75. The first-order valence-electron chi connectivity index (χ1n) is 7.60. The van der Waals surface area contributed by atoms with Crippen LogP contribution in [0.5, 0.6) is 0 Å². The van der Waals surface area contributed by atoms with Gasteiger partial charge in [0.05, 0.1) is 6.54 Å². The molecule has 0 saturated heterocycles. The number of hydrogen-bond donors (Lipinski definition) is 1. The van der Waals surface area contributed by atoms with Crippen LogP contribution in [-0.4, -0.2) is 31.8 Å². The van der Waals surface area contributed by atoms with Gasteiger partial charge in [0.15, 0.2) is 5.82 Å². The molecule has 2 rings (SSSR count). The van der Waals surface area contributed by atoms with Gasteiger partial charge in [-0.2, -0.15) is 0 Å². The molecule has 0 spiro atoms. The van der Waals surface area contributed by atoms with E-state index in [1.165, 1.54) is 9.25 Å². The molecule has 2 aromatic heterocycles. The summed E-state index contributed by atoms with van der Waals surface area (Å²) >= 11 is 0. The monoisotopic (exact) mass is 317 g/mol. The molecule has 0 radical (unpaired) electrons. The first-order chi connectivity index (χ1) is 10.8. The van der Waals surface area contributed by atoms with Gasteiger partial charge in [-0.1, -0.05) is 26.8 Å². The van der Waals surface area contributed by atoms with Crippen LogP contribution < -0.4 is 11.0 Å². The summed E-state index contributed by atoms with van der Waals surface area (Å²) in [6.45, 7) is 6.72. The van der Waals surface area contributed by atoms with E-state index in [0.717, 1.165) is 0 Å². The normalized spacial score (nSPS) is 11.5. The molecule has 1 amide bonds. The fraction of sp³-hybridized carbons (Fsp3) is 0.500. The molecule has 0 bridgehead atoms. The number of hydrogen-bond acceptors (Lipinski definition) is 4. The summed E-state index contributed by atoms with van der Waals surface area (Å²) in [7, 11) is 1.66. The van der Waals surface area contributed by atoms with Gasteiger partial charge in [-0.25, -0.2) is 9.48 Å². The third-order valence-electron chi connectivity index (χ3n) is 3.27. The molecular formula is C16H23N5O2. The van der Waals surface area contributed by atoms with Crippen LogP contribution in [-0.2, 0) is 18.4 Å². The van der Waals surface area contributed by atoms with Crippen molar-refractivity contribution in [3.8, 4) is 11.5 Å². The quantitative estimate of drug-likeness (QED) is 0.898. The van der Waals surface area contributed by atoms with Gasteiger partial charge in [0.25, 0.3) is 0 Å². The van der Waals surface area contributed by atoms with E-state index in [1.807, 2.05) is 32.9 Å². The minimum atomic E-state index is -0.226. The van der Waals surface area contributed by atoms with Crippen molar-refractivity contribution in [1.82, 2.24) is 24.6 Å². The molecule has 23 heavy (non-hydrogen) atoms. The number of rotatable bonds is 5. The highest BCUT2D eigenvalue weighted by Crippen LogP contribution is 2.17. The van der Waals surface area contributed by atoms with Crippen LogP contribution in [0.3, 0.4) is 0 Å². The lowest BCUT2D eigenvalue weighted by atomic mass is 9.92. The molecule has 2 heterocycles. The number of amides is 1. The Morgan fingerprint density at radius 1 is 1.30 bits per heavy atom. The molecule has 0 aromatic carbocycles. The second-order valence-corrected chi connectivity index (χ2v) is 6.69. The zero-order valence-electron chi connectivity index (χ0n) is 14.0. The molecule has 0 aliphatic carbocycles. The Balaban J connectivity index is 2.02. The molecule has 0 fully saturated rings. The van der Waals surface area contributed by atoms with Gasteiger partial charge in [0.1, 0.15) is 5.69 Å². The first-order valence-corrected chi connectivity index (χ1v) is 7.60. The lowest BCUT2D eigenvalue weighted by Gasteiger charge is -2.17. The average molecular weight is 317 g/mol. The Hall–Kier alpha value is -2.44. The Kier molecular flexibility index (Phi) is 4.98. The zero-order valence-corrected chi connectivity index (χ0v) is 14.0. The lowest BCUT2D eigenvalue weighted by molar-refractivity contribution is -0.122. The molecule has 0 aliphatic heterocycles. The maximum Gasteiger partial charge on any atom is 0.346 e. The van der Waals surface area contributed by atoms with Gasteiger partial charge >= 0.3 is 5.69 Å². The van der Waals surface area contributed by atoms with Crippen LogP contribution in [0.1, 0.15) is 27.2 Å². The van der Waals surface area contributed by atoms with E-state index in [0.29, 0.717) is 31.0 Å². The minimum Gasteiger partial charge on any atom is -0.354 e. The smallest absolute Gasteiger partial charge is 0.346 e. The number of nitrogens with one attached hydrogen (secondary N) is 1. The fourth-order valence-electron chi connectivity index (χ4n) is 2.20. The number of nitrogens with zero attached hydrogens (tertiary/aromatic N) is 4. The van der Waals surface area contributed by atoms with Gasteiger partial charge in [-0.05, 0) is 17.5 Å². The fourth-order valence-corrected chi connectivity index (χ4v) is 2.20. The summed E-state index contributed by atoms with van der Waals surface area (Å²) in [4.78, 5) is 28.2. The van der Waals surface area contributed by atoms with E-state index < -0.39 is 0 Å². The van der Waals surface area contributed by atoms with Gasteiger partial charge in [0.2, 0.25) is 5.91 Å². The van der Waals surface area contributed by atoms with Gasteiger partial charge in [-0.3, -0.25) is 14.3 Å². The highest BCUT2D eigenvalue weighted by molar-refractivity contribution is 5.76. The van der Waals surface area contributed by atoms with Crippen LogP contribution in [0.15, 0.2) is 29.2 Å². The van der Waals surface area contributed by atoms with Crippen molar-refractivity contribution < 1.29 is 4.79 Å². The molecule has 2 aromatic rings. The number of aromatic nitrogens is 4.